The second-order valence-corrected chi connectivity index (χ2v) is 8.30. The second-order valence-electron chi connectivity index (χ2n) is 6.87. The fourth-order valence-electron chi connectivity index (χ4n) is 3.35. The van der Waals surface area contributed by atoms with Gasteiger partial charge in [0.1, 0.15) is 5.75 Å². The zero-order valence-electron chi connectivity index (χ0n) is 16.4. The van der Waals surface area contributed by atoms with Gasteiger partial charge in [0.15, 0.2) is 11.0 Å². The molecule has 0 N–H and O–H groups in total. The van der Waals surface area contributed by atoms with E-state index in [1.165, 1.54) is 6.42 Å². The van der Waals surface area contributed by atoms with E-state index in [-0.39, 0.29) is 6.10 Å². The van der Waals surface area contributed by atoms with Crippen LogP contribution in [0.1, 0.15) is 26.2 Å². The standard InChI is InChI=1S/C22H24ClN3O2S/c1-2-27-19-12-10-18(11-13-19)26-21(16-6-8-17(23)9-7-16)24-25-22(26)29-15-20-5-3-4-14-28-20/h6-13,20H,2-5,14-15H2,1H3/t20-/m1/s1. The lowest BCUT2D eigenvalue weighted by molar-refractivity contribution is 0.0315. The van der Waals surface area contributed by atoms with Crippen LogP contribution in [0.3, 0.4) is 0 Å². The van der Waals surface area contributed by atoms with Gasteiger partial charge in [-0.15, -0.1) is 10.2 Å². The molecule has 0 radical (unpaired) electrons. The maximum atomic E-state index is 6.07. The number of hydrogen-bond donors (Lipinski definition) is 0. The number of halogens is 1. The molecule has 0 aliphatic carbocycles. The van der Waals surface area contributed by atoms with E-state index in [0.29, 0.717) is 11.6 Å². The third kappa shape index (κ3) is 4.94. The molecule has 1 fully saturated rings. The molecule has 7 heteroatoms. The SMILES string of the molecule is CCOc1ccc(-n2c(SC[C@H]3CCCCO3)nnc2-c2ccc(Cl)cc2)cc1. The van der Waals surface area contributed by atoms with Gasteiger partial charge in [0.25, 0.3) is 0 Å². The molecule has 1 aromatic heterocycles. The quantitative estimate of drug-likeness (QED) is 0.454. The van der Waals surface area contributed by atoms with Crippen molar-refractivity contribution in [1.82, 2.24) is 14.8 Å². The molecule has 2 heterocycles. The molecule has 29 heavy (non-hydrogen) atoms. The fourth-order valence-corrected chi connectivity index (χ4v) is 4.49. The van der Waals surface area contributed by atoms with Crippen molar-refractivity contribution in [3.8, 4) is 22.8 Å². The Kier molecular flexibility index (Phi) is 6.74. The van der Waals surface area contributed by atoms with Crippen LogP contribution in [0.25, 0.3) is 17.1 Å². The summed E-state index contributed by atoms with van der Waals surface area (Å²) in [7, 11) is 0. The number of thioether (sulfide) groups is 1. The molecule has 0 amide bonds. The van der Waals surface area contributed by atoms with E-state index < -0.39 is 0 Å². The first kappa shape index (κ1) is 20.3. The van der Waals surface area contributed by atoms with Crippen molar-refractivity contribution in [2.24, 2.45) is 0 Å². The van der Waals surface area contributed by atoms with Gasteiger partial charge in [0.2, 0.25) is 0 Å². The average Bonchev–Trinajstić information content (AvgIpc) is 3.18. The summed E-state index contributed by atoms with van der Waals surface area (Å²) >= 11 is 7.76. The van der Waals surface area contributed by atoms with Crippen molar-refractivity contribution in [3.05, 3.63) is 53.6 Å². The Morgan fingerprint density at radius 3 is 2.59 bits per heavy atom. The monoisotopic (exact) mass is 429 g/mol. The van der Waals surface area contributed by atoms with Crippen molar-refractivity contribution < 1.29 is 9.47 Å². The highest BCUT2D eigenvalue weighted by molar-refractivity contribution is 7.99. The smallest absolute Gasteiger partial charge is 0.196 e. The highest BCUT2D eigenvalue weighted by Crippen LogP contribution is 2.31. The van der Waals surface area contributed by atoms with Crippen LogP contribution in [0.15, 0.2) is 53.7 Å². The Balaban J connectivity index is 1.66. The predicted molar refractivity (Wildman–Crippen MR) is 117 cm³/mol. The topological polar surface area (TPSA) is 49.2 Å². The van der Waals surface area contributed by atoms with Gasteiger partial charge in [0, 0.05) is 28.6 Å². The molecule has 0 unspecified atom stereocenters. The van der Waals surface area contributed by atoms with E-state index in [0.717, 1.165) is 53.2 Å². The molecule has 1 saturated heterocycles. The van der Waals surface area contributed by atoms with Gasteiger partial charge >= 0.3 is 0 Å². The maximum Gasteiger partial charge on any atom is 0.196 e. The Hall–Kier alpha value is -2.02. The van der Waals surface area contributed by atoms with Gasteiger partial charge in [-0.05, 0) is 74.7 Å². The van der Waals surface area contributed by atoms with E-state index in [1.807, 2.05) is 55.5 Å². The summed E-state index contributed by atoms with van der Waals surface area (Å²) in [5, 5.41) is 10.5. The van der Waals surface area contributed by atoms with Crippen molar-refractivity contribution in [1.29, 1.82) is 0 Å². The molecular weight excluding hydrogens is 406 g/mol. The Morgan fingerprint density at radius 1 is 1.10 bits per heavy atom. The lowest BCUT2D eigenvalue weighted by atomic mass is 10.1. The summed E-state index contributed by atoms with van der Waals surface area (Å²) in [5.74, 6) is 2.51. The van der Waals surface area contributed by atoms with Crippen LogP contribution in [0.5, 0.6) is 5.75 Å². The van der Waals surface area contributed by atoms with Crippen LogP contribution in [-0.2, 0) is 4.74 Å². The maximum absolute atomic E-state index is 6.07. The lowest BCUT2D eigenvalue weighted by Crippen LogP contribution is -2.21. The van der Waals surface area contributed by atoms with Crippen molar-refractivity contribution >= 4 is 23.4 Å². The Labute approximate surface area is 180 Å². The molecule has 1 atom stereocenters. The molecule has 0 bridgehead atoms. The predicted octanol–water partition coefficient (Wildman–Crippen LogP) is 5.65. The lowest BCUT2D eigenvalue weighted by Gasteiger charge is -2.22. The first-order chi connectivity index (χ1) is 14.2. The van der Waals surface area contributed by atoms with Gasteiger partial charge in [-0.2, -0.15) is 0 Å². The van der Waals surface area contributed by atoms with Gasteiger partial charge in [-0.3, -0.25) is 4.57 Å². The minimum absolute atomic E-state index is 0.276. The minimum atomic E-state index is 0.276. The summed E-state index contributed by atoms with van der Waals surface area (Å²) in [5.41, 5.74) is 1.96. The van der Waals surface area contributed by atoms with Crippen LogP contribution < -0.4 is 4.74 Å². The summed E-state index contributed by atoms with van der Waals surface area (Å²) in [6.07, 6.45) is 3.77. The summed E-state index contributed by atoms with van der Waals surface area (Å²) < 4.78 is 13.6. The molecule has 0 saturated carbocycles. The zero-order chi connectivity index (χ0) is 20.1. The van der Waals surface area contributed by atoms with Crippen LogP contribution in [0.4, 0.5) is 0 Å². The van der Waals surface area contributed by atoms with Crippen molar-refractivity contribution in [3.63, 3.8) is 0 Å². The number of aromatic nitrogens is 3. The molecule has 1 aliphatic heterocycles. The number of nitrogens with zero attached hydrogens (tertiary/aromatic N) is 3. The average molecular weight is 430 g/mol. The summed E-state index contributed by atoms with van der Waals surface area (Å²) in [4.78, 5) is 0. The highest BCUT2D eigenvalue weighted by atomic mass is 35.5. The third-order valence-electron chi connectivity index (χ3n) is 4.81. The Morgan fingerprint density at radius 2 is 1.90 bits per heavy atom. The number of hydrogen-bond acceptors (Lipinski definition) is 5. The van der Waals surface area contributed by atoms with E-state index >= 15 is 0 Å². The van der Waals surface area contributed by atoms with Crippen molar-refractivity contribution in [2.45, 2.75) is 37.4 Å². The van der Waals surface area contributed by atoms with E-state index in [9.17, 15) is 0 Å². The van der Waals surface area contributed by atoms with Crippen LogP contribution in [-0.4, -0.2) is 39.8 Å². The fraction of sp³-hybridized carbons (Fsp3) is 0.364. The van der Waals surface area contributed by atoms with Crippen molar-refractivity contribution in [2.75, 3.05) is 19.0 Å². The van der Waals surface area contributed by atoms with Crippen LogP contribution in [0, 0.1) is 0 Å². The van der Waals surface area contributed by atoms with E-state index in [1.54, 1.807) is 11.8 Å². The molecule has 2 aromatic carbocycles. The first-order valence-corrected chi connectivity index (χ1v) is 11.3. The van der Waals surface area contributed by atoms with E-state index in [4.69, 9.17) is 21.1 Å². The number of benzene rings is 2. The molecule has 5 nitrogen and oxygen atoms in total. The van der Waals surface area contributed by atoms with Gasteiger partial charge in [-0.1, -0.05) is 23.4 Å². The second kappa shape index (κ2) is 9.65. The molecular formula is C22H24ClN3O2S. The molecule has 3 aromatic rings. The van der Waals surface area contributed by atoms with Gasteiger partial charge in [0.05, 0.1) is 12.7 Å². The van der Waals surface area contributed by atoms with Gasteiger partial charge in [-0.25, -0.2) is 0 Å². The third-order valence-corrected chi connectivity index (χ3v) is 6.13. The minimum Gasteiger partial charge on any atom is -0.494 e. The molecule has 1 aliphatic rings. The van der Waals surface area contributed by atoms with E-state index in [2.05, 4.69) is 14.8 Å². The van der Waals surface area contributed by atoms with Crippen LogP contribution in [0.2, 0.25) is 5.02 Å². The largest absolute Gasteiger partial charge is 0.494 e. The van der Waals surface area contributed by atoms with Gasteiger partial charge < -0.3 is 9.47 Å². The molecule has 152 valence electrons. The summed E-state index contributed by atoms with van der Waals surface area (Å²) in [6.45, 7) is 3.48. The normalized spacial score (nSPS) is 16.7. The molecule has 4 rings (SSSR count). The highest BCUT2D eigenvalue weighted by Gasteiger charge is 2.20. The summed E-state index contributed by atoms with van der Waals surface area (Å²) in [6, 6.07) is 15.7. The Bertz CT molecular complexity index is 922. The number of rotatable bonds is 7. The first-order valence-electron chi connectivity index (χ1n) is 9.93. The number of ether oxygens (including phenoxy) is 2. The van der Waals surface area contributed by atoms with Crippen LogP contribution >= 0.6 is 23.4 Å². The zero-order valence-corrected chi connectivity index (χ0v) is 18.0. The molecule has 0 spiro atoms.